The van der Waals surface area contributed by atoms with Gasteiger partial charge in [-0.2, -0.15) is 0 Å². The molecule has 0 aliphatic heterocycles. The fraction of sp³-hybridized carbons (Fsp3) is 0.308. The minimum atomic E-state index is -0.744. The van der Waals surface area contributed by atoms with Crippen LogP contribution in [0.2, 0.25) is 0 Å². The van der Waals surface area contributed by atoms with Crippen molar-refractivity contribution in [3.8, 4) is 0 Å². The molecule has 3 heteroatoms. The molecule has 0 unspecified atom stereocenters. The third-order valence-corrected chi connectivity index (χ3v) is 2.60. The average Bonchev–Trinajstić information content (AvgIpc) is 2.49. The van der Waals surface area contributed by atoms with Crippen LogP contribution in [-0.4, -0.2) is 6.29 Å². The smallest absolute Gasteiger partial charge is 0.178 e. The fourth-order valence-electron chi connectivity index (χ4n) is 1.44. The van der Waals surface area contributed by atoms with Crippen LogP contribution in [-0.2, 0) is 4.79 Å². The van der Waals surface area contributed by atoms with E-state index in [4.69, 9.17) is 4.42 Å². The summed E-state index contributed by atoms with van der Waals surface area (Å²) in [6.45, 7) is 7.24. The SMILES string of the molecule is C/C(C=Cc1c(C)oc(C)c1C)=C(/F)C=O. The van der Waals surface area contributed by atoms with Crippen LogP contribution < -0.4 is 0 Å². The Labute approximate surface area is 94.5 Å². The Hall–Kier alpha value is -1.64. The summed E-state index contributed by atoms with van der Waals surface area (Å²) in [5.41, 5.74) is 2.29. The lowest BCUT2D eigenvalue weighted by molar-refractivity contribution is -0.106. The van der Waals surface area contributed by atoms with Gasteiger partial charge in [0.2, 0.25) is 0 Å². The second kappa shape index (κ2) is 4.92. The molecule has 0 N–H and O–H groups in total. The highest BCUT2D eigenvalue weighted by atomic mass is 19.1. The first-order valence-corrected chi connectivity index (χ1v) is 5.03. The van der Waals surface area contributed by atoms with Crippen LogP contribution in [0, 0.1) is 20.8 Å². The first kappa shape index (κ1) is 12.4. The number of allylic oxidation sites excluding steroid dienone is 3. The minimum Gasteiger partial charge on any atom is -0.466 e. The van der Waals surface area contributed by atoms with Gasteiger partial charge in [-0.15, -0.1) is 0 Å². The number of aldehydes is 1. The molecular weight excluding hydrogens is 207 g/mol. The van der Waals surface area contributed by atoms with E-state index in [0.717, 1.165) is 22.6 Å². The van der Waals surface area contributed by atoms with E-state index in [-0.39, 0.29) is 6.29 Å². The molecule has 0 spiro atoms. The van der Waals surface area contributed by atoms with Crippen LogP contribution in [0.1, 0.15) is 29.6 Å². The standard InChI is InChI=1S/C13H15FO2/c1-8(13(14)7-15)5-6-12-9(2)10(3)16-11(12)4/h5-7H,1-4H3/b6-5?,13-8-. The maximum atomic E-state index is 12.9. The van der Waals surface area contributed by atoms with Crippen molar-refractivity contribution < 1.29 is 13.6 Å². The first-order valence-electron chi connectivity index (χ1n) is 5.03. The molecule has 0 saturated heterocycles. The first-order chi connectivity index (χ1) is 7.47. The van der Waals surface area contributed by atoms with E-state index >= 15 is 0 Å². The van der Waals surface area contributed by atoms with Crippen molar-refractivity contribution >= 4 is 12.4 Å². The van der Waals surface area contributed by atoms with Crippen LogP contribution in [0.4, 0.5) is 4.39 Å². The molecule has 1 rings (SSSR count). The van der Waals surface area contributed by atoms with Crippen molar-refractivity contribution in [3.05, 3.63) is 40.1 Å². The van der Waals surface area contributed by atoms with Gasteiger partial charge in [0.05, 0.1) is 0 Å². The second-order valence-corrected chi connectivity index (χ2v) is 3.74. The van der Waals surface area contributed by atoms with E-state index in [1.807, 2.05) is 20.8 Å². The number of carbonyl (C=O) groups excluding carboxylic acids is 1. The number of halogens is 1. The largest absolute Gasteiger partial charge is 0.466 e. The molecule has 16 heavy (non-hydrogen) atoms. The zero-order chi connectivity index (χ0) is 12.3. The van der Waals surface area contributed by atoms with Crippen molar-refractivity contribution in [1.29, 1.82) is 0 Å². The molecule has 0 amide bonds. The van der Waals surface area contributed by atoms with Gasteiger partial charge in [0.25, 0.3) is 0 Å². The van der Waals surface area contributed by atoms with Crippen LogP contribution in [0.3, 0.4) is 0 Å². The van der Waals surface area contributed by atoms with Gasteiger partial charge in [-0.3, -0.25) is 4.79 Å². The predicted octanol–water partition coefficient (Wildman–Crippen LogP) is 3.66. The summed E-state index contributed by atoms with van der Waals surface area (Å²) in [4.78, 5) is 10.2. The quantitative estimate of drug-likeness (QED) is 0.444. The fourth-order valence-corrected chi connectivity index (χ4v) is 1.44. The molecule has 1 aromatic rings. The second-order valence-electron chi connectivity index (χ2n) is 3.74. The van der Waals surface area contributed by atoms with Crippen molar-refractivity contribution in [1.82, 2.24) is 0 Å². The van der Waals surface area contributed by atoms with E-state index in [0.29, 0.717) is 5.57 Å². The molecule has 0 saturated carbocycles. The molecule has 2 nitrogen and oxygen atoms in total. The van der Waals surface area contributed by atoms with Crippen molar-refractivity contribution in [2.75, 3.05) is 0 Å². The van der Waals surface area contributed by atoms with Crippen molar-refractivity contribution in [3.63, 3.8) is 0 Å². The molecular formula is C13H15FO2. The van der Waals surface area contributed by atoms with Gasteiger partial charge in [-0.05, 0) is 38.8 Å². The minimum absolute atomic E-state index is 0.208. The zero-order valence-electron chi connectivity index (χ0n) is 9.93. The summed E-state index contributed by atoms with van der Waals surface area (Å²) >= 11 is 0. The summed E-state index contributed by atoms with van der Waals surface area (Å²) in [7, 11) is 0. The number of aryl methyl sites for hydroxylation is 2. The van der Waals surface area contributed by atoms with Crippen LogP contribution in [0.25, 0.3) is 6.08 Å². The van der Waals surface area contributed by atoms with Crippen molar-refractivity contribution in [2.45, 2.75) is 27.7 Å². The number of hydrogen-bond donors (Lipinski definition) is 0. The van der Waals surface area contributed by atoms with Gasteiger partial charge >= 0.3 is 0 Å². The van der Waals surface area contributed by atoms with Gasteiger partial charge in [-0.1, -0.05) is 12.2 Å². The summed E-state index contributed by atoms with van der Waals surface area (Å²) < 4.78 is 18.3. The average molecular weight is 222 g/mol. The number of hydrogen-bond acceptors (Lipinski definition) is 2. The van der Waals surface area contributed by atoms with E-state index in [2.05, 4.69) is 0 Å². The highest BCUT2D eigenvalue weighted by Crippen LogP contribution is 2.22. The Morgan fingerprint density at radius 1 is 1.25 bits per heavy atom. The Bertz CT molecular complexity index is 465. The Morgan fingerprint density at radius 3 is 2.31 bits per heavy atom. The summed E-state index contributed by atoms with van der Waals surface area (Å²) in [5.74, 6) is 0.909. The predicted molar refractivity (Wildman–Crippen MR) is 61.8 cm³/mol. The Kier molecular flexibility index (Phi) is 3.82. The summed E-state index contributed by atoms with van der Waals surface area (Å²) in [6.07, 6.45) is 3.55. The summed E-state index contributed by atoms with van der Waals surface area (Å²) in [6, 6.07) is 0. The third-order valence-electron chi connectivity index (χ3n) is 2.60. The molecule has 0 aliphatic rings. The normalized spacial score (nSPS) is 13.1. The molecule has 1 aromatic heterocycles. The van der Waals surface area contributed by atoms with Gasteiger partial charge in [-0.25, -0.2) is 4.39 Å². The van der Waals surface area contributed by atoms with Gasteiger partial charge in [0.1, 0.15) is 11.5 Å². The maximum absolute atomic E-state index is 12.9. The van der Waals surface area contributed by atoms with E-state index in [9.17, 15) is 9.18 Å². The molecule has 0 aliphatic carbocycles. The lowest BCUT2D eigenvalue weighted by Crippen LogP contribution is -1.81. The zero-order valence-corrected chi connectivity index (χ0v) is 9.93. The molecule has 0 aromatic carbocycles. The van der Waals surface area contributed by atoms with Crippen LogP contribution >= 0.6 is 0 Å². The molecule has 0 radical (unpaired) electrons. The Morgan fingerprint density at radius 2 is 1.88 bits per heavy atom. The molecule has 0 bridgehead atoms. The highest BCUT2D eigenvalue weighted by Gasteiger charge is 2.07. The lowest BCUT2D eigenvalue weighted by Gasteiger charge is -1.94. The topological polar surface area (TPSA) is 30.2 Å². The van der Waals surface area contributed by atoms with Gasteiger partial charge < -0.3 is 4.42 Å². The molecule has 1 heterocycles. The van der Waals surface area contributed by atoms with Crippen molar-refractivity contribution in [2.24, 2.45) is 0 Å². The number of carbonyl (C=O) groups is 1. The third kappa shape index (κ3) is 2.48. The van der Waals surface area contributed by atoms with Gasteiger partial charge in [0.15, 0.2) is 12.1 Å². The van der Waals surface area contributed by atoms with E-state index in [1.165, 1.54) is 0 Å². The Balaban J connectivity index is 3.06. The number of rotatable bonds is 3. The van der Waals surface area contributed by atoms with Crippen LogP contribution in [0.15, 0.2) is 21.9 Å². The monoisotopic (exact) mass is 222 g/mol. The number of furan rings is 1. The highest BCUT2D eigenvalue weighted by molar-refractivity contribution is 5.73. The molecule has 0 fully saturated rings. The summed E-state index contributed by atoms with van der Waals surface area (Å²) in [5, 5.41) is 0. The molecule has 86 valence electrons. The lowest BCUT2D eigenvalue weighted by atomic mass is 10.1. The molecule has 0 atom stereocenters. The van der Waals surface area contributed by atoms with E-state index in [1.54, 1.807) is 19.1 Å². The maximum Gasteiger partial charge on any atom is 0.178 e. The van der Waals surface area contributed by atoms with E-state index < -0.39 is 5.83 Å². The van der Waals surface area contributed by atoms with Crippen LogP contribution in [0.5, 0.6) is 0 Å². The van der Waals surface area contributed by atoms with Gasteiger partial charge in [0, 0.05) is 5.56 Å².